The lowest BCUT2D eigenvalue weighted by Crippen LogP contribution is -2.38. The molecule has 0 radical (unpaired) electrons. The van der Waals surface area contributed by atoms with E-state index in [2.05, 4.69) is 5.32 Å². The summed E-state index contributed by atoms with van der Waals surface area (Å²) in [5, 5.41) is 2.92. The zero-order valence-corrected chi connectivity index (χ0v) is 20.1. The van der Waals surface area contributed by atoms with Crippen molar-refractivity contribution in [3.05, 3.63) is 42.0 Å². The van der Waals surface area contributed by atoms with Crippen molar-refractivity contribution in [3.63, 3.8) is 0 Å². The molecule has 2 fully saturated rings. The highest BCUT2D eigenvalue weighted by Gasteiger charge is 2.44. The van der Waals surface area contributed by atoms with E-state index in [-0.39, 0.29) is 18.4 Å². The lowest BCUT2D eigenvalue weighted by Gasteiger charge is -2.26. The average molecular weight is 481 g/mol. The average Bonchev–Trinajstić information content (AvgIpc) is 3.48. The molecule has 0 atom stereocenters. The molecule has 5 rings (SSSR count). The topological polar surface area (TPSA) is 86.3 Å². The van der Waals surface area contributed by atoms with E-state index in [9.17, 15) is 9.59 Å². The first-order valence-electron chi connectivity index (χ1n) is 12.6. The van der Waals surface area contributed by atoms with Gasteiger partial charge < -0.3 is 29.2 Å². The Bertz CT molecular complexity index is 1090. The molecule has 2 aliphatic heterocycles. The normalized spacial score (nSPS) is 17.9. The van der Waals surface area contributed by atoms with Crippen molar-refractivity contribution in [1.29, 1.82) is 0 Å². The molecule has 35 heavy (non-hydrogen) atoms. The number of nitrogens with one attached hydrogen (secondary N) is 1. The van der Waals surface area contributed by atoms with Gasteiger partial charge in [0, 0.05) is 43.2 Å². The first-order chi connectivity index (χ1) is 17.0. The summed E-state index contributed by atoms with van der Waals surface area (Å²) in [6.45, 7) is 3.77. The van der Waals surface area contributed by atoms with Gasteiger partial charge in [-0.1, -0.05) is 0 Å². The molecule has 2 heterocycles. The van der Waals surface area contributed by atoms with Crippen LogP contribution in [0.1, 0.15) is 62.2 Å². The molecule has 2 aromatic rings. The maximum atomic E-state index is 13.0. The molecule has 2 aromatic carbocycles. The fourth-order valence-electron chi connectivity index (χ4n) is 4.90. The number of amides is 2. The van der Waals surface area contributed by atoms with E-state index < -0.39 is 5.79 Å². The third-order valence-corrected chi connectivity index (χ3v) is 6.72. The molecule has 1 saturated heterocycles. The van der Waals surface area contributed by atoms with Crippen molar-refractivity contribution in [2.75, 3.05) is 31.6 Å². The first kappa shape index (κ1) is 23.3. The highest BCUT2D eigenvalue weighted by molar-refractivity contribution is 6.04. The molecule has 3 aliphatic rings. The van der Waals surface area contributed by atoms with Crippen LogP contribution in [0.2, 0.25) is 0 Å². The number of carbonyl (C=O) groups excluding carboxylic acids is 2. The van der Waals surface area contributed by atoms with Gasteiger partial charge in [0.2, 0.25) is 0 Å². The molecule has 0 bridgehead atoms. The second kappa shape index (κ2) is 10.1. The molecule has 1 spiro atoms. The minimum atomic E-state index is -0.539. The summed E-state index contributed by atoms with van der Waals surface area (Å²) in [6.07, 6.45) is 7.16. The molecule has 1 N–H and O–H groups in total. The Morgan fingerprint density at radius 1 is 0.914 bits per heavy atom. The number of carbonyl (C=O) groups is 2. The summed E-state index contributed by atoms with van der Waals surface area (Å²) in [4.78, 5) is 27.3. The first-order valence-corrected chi connectivity index (χ1v) is 12.6. The van der Waals surface area contributed by atoms with Crippen molar-refractivity contribution in [2.24, 2.45) is 0 Å². The lowest BCUT2D eigenvalue weighted by atomic mass is 10.1. The number of rotatable bonds is 7. The predicted octanol–water partition coefficient (Wildman–Crippen LogP) is 4.77. The number of ether oxygens (including phenoxy) is 4. The Morgan fingerprint density at radius 2 is 1.69 bits per heavy atom. The Balaban J connectivity index is 1.24. The van der Waals surface area contributed by atoms with Crippen LogP contribution < -0.4 is 24.3 Å². The van der Waals surface area contributed by atoms with Crippen LogP contribution in [0.5, 0.6) is 23.0 Å². The largest absolute Gasteiger partial charge is 0.490 e. The van der Waals surface area contributed by atoms with E-state index in [1.54, 1.807) is 30.3 Å². The van der Waals surface area contributed by atoms with Gasteiger partial charge in [0.1, 0.15) is 0 Å². The zero-order chi connectivity index (χ0) is 24.3. The smallest absolute Gasteiger partial charge is 0.260 e. The Hall–Kier alpha value is -3.42. The van der Waals surface area contributed by atoms with Gasteiger partial charge in [-0.15, -0.1) is 0 Å². The van der Waals surface area contributed by atoms with Crippen molar-refractivity contribution in [2.45, 2.75) is 57.7 Å². The molecule has 1 aliphatic carbocycles. The Morgan fingerprint density at radius 3 is 2.46 bits per heavy atom. The van der Waals surface area contributed by atoms with Gasteiger partial charge in [-0.25, -0.2) is 0 Å². The van der Waals surface area contributed by atoms with Gasteiger partial charge in [0.15, 0.2) is 29.6 Å². The SMILES string of the molecule is CCOc1cc(C(=O)Nc2ccc3c(c2)OC2(CCCC2)O3)ccc1OCC(=O)N1CCCCC1. The molecule has 1 saturated carbocycles. The van der Waals surface area contributed by atoms with E-state index in [1.807, 2.05) is 17.9 Å². The minimum Gasteiger partial charge on any atom is -0.490 e. The number of hydrogen-bond acceptors (Lipinski definition) is 6. The maximum absolute atomic E-state index is 13.0. The van der Waals surface area contributed by atoms with E-state index in [1.165, 1.54) is 0 Å². The lowest BCUT2D eigenvalue weighted by molar-refractivity contribution is -0.134. The molecule has 0 unspecified atom stereocenters. The number of anilines is 1. The van der Waals surface area contributed by atoms with Gasteiger partial charge in [-0.3, -0.25) is 9.59 Å². The monoisotopic (exact) mass is 480 g/mol. The zero-order valence-electron chi connectivity index (χ0n) is 20.1. The van der Waals surface area contributed by atoms with Crippen molar-refractivity contribution in [1.82, 2.24) is 4.90 Å². The van der Waals surface area contributed by atoms with Crippen molar-refractivity contribution in [3.8, 4) is 23.0 Å². The van der Waals surface area contributed by atoms with Crippen LogP contribution in [0.25, 0.3) is 0 Å². The highest BCUT2D eigenvalue weighted by Crippen LogP contribution is 2.47. The summed E-state index contributed by atoms with van der Waals surface area (Å²) >= 11 is 0. The standard InChI is InChI=1S/C27H32N2O6/c1-2-32-23-16-19(8-10-21(23)33-18-25(30)29-14-6-3-7-15-29)26(31)28-20-9-11-22-24(17-20)35-27(34-22)12-4-5-13-27/h8-11,16-17H,2-7,12-15,18H2,1H3,(H,28,31). The second-order valence-electron chi connectivity index (χ2n) is 9.26. The van der Waals surface area contributed by atoms with Crippen LogP contribution in [0.15, 0.2) is 36.4 Å². The number of benzene rings is 2. The Kier molecular flexibility index (Phi) is 6.70. The quantitative estimate of drug-likeness (QED) is 0.614. The number of likely N-dealkylation sites (tertiary alicyclic amines) is 1. The fourth-order valence-corrected chi connectivity index (χ4v) is 4.90. The molecular formula is C27H32N2O6. The van der Waals surface area contributed by atoms with Crippen molar-refractivity contribution >= 4 is 17.5 Å². The van der Waals surface area contributed by atoms with Crippen LogP contribution in [-0.2, 0) is 4.79 Å². The number of hydrogen-bond donors (Lipinski definition) is 1. The van der Waals surface area contributed by atoms with E-state index in [0.717, 1.165) is 58.0 Å². The molecule has 8 heteroatoms. The van der Waals surface area contributed by atoms with Gasteiger partial charge in [-0.2, -0.15) is 0 Å². The van der Waals surface area contributed by atoms with Gasteiger partial charge in [0.25, 0.3) is 17.6 Å². The number of piperidine rings is 1. The maximum Gasteiger partial charge on any atom is 0.260 e. The van der Waals surface area contributed by atoms with Gasteiger partial charge in [0.05, 0.1) is 6.61 Å². The van der Waals surface area contributed by atoms with Gasteiger partial charge in [-0.05, 0) is 69.4 Å². The molecular weight excluding hydrogens is 448 g/mol. The predicted molar refractivity (Wildman–Crippen MR) is 130 cm³/mol. The third kappa shape index (κ3) is 5.16. The van der Waals surface area contributed by atoms with E-state index in [0.29, 0.717) is 40.9 Å². The highest BCUT2D eigenvalue weighted by atomic mass is 16.7. The summed E-state index contributed by atoms with van der Waals surface area (Å²) in [6, 6.07) is 10.4. The second-order valence-corrected chi connectivity index (χ2v) is 9.26. The van der Waals surface area contributed by atoms with E-state index in [4.69, 9.17) is 18.9 Å². The third-order valence-electron chi connectivity index (χ3n) is 6.72. The van der Waals surface area contributed by atoms with Crippen molar-refractivity contribution < 1.29 is 28.5 Å². The molecule has 2 amide bonds. The molecule has 0 aromatic heterocycles. The minimum absolute atomic E-state index is 0.0313. The van der Waals surface area contributed by atoms with Crippen LogP contribution in [0.4, 0.5) is 5.69 Å². The van der Waals surface area contributed by atoms with Gasteiger partial charge >= 0.3 is 0 Å². The van der Waals surface area contributed by atoms with Crippen LogP contribution in [0, 0.1) is 0 Å². The Labute approximate surface area is 205 Å². The molecule has 186 valence electrons. The van der Waals surface area contributed by atoms with Crippen LogP contribution >= 0.6 is 0 Å². The number of fused-ring (bicyclic) bond motifs is 1. The summed E-state index contributed by atoms with van der Waals surface area (Å²) in [7, 11) is 0. The number of nitrogens with zero attached hydrogens (tertiary/aromatic N) is 1. The van der Waals surface area contributed by atoms with Crippen LogP contribution in [0.3, 0.4) is 0 Å². The van der Waals surface area contributed by atoms with E-state index >= 15 is 0 Å². The molecule has 8 nitrogen and oxygen atoms in total. The summed E-state index contributed by atoms with van der Waals surface area (Å²) in [5.41, 5.74) is 1.05. The summed E-state index contributed by atoms with van der Waals surface area (Å²) in [5.74, 6) is 1.39. The summed E-state index contributed by atoms with van der Waals surface area (Å²) < 4.78 is 23.6. The fraction of sp³-hybridized carbons (Fsp3) is 0.481. The van der Waals surface area contributed by atoms with Crippen LogP contribution in [-0.4, -0.2) is 48.8 Å².